The van der Waals surface area contributed by atoms with Gasteiger partial charge in [-0.25, -0.2) is 8.42 Å². The van der Waals surface area contributed by atoms with E-state index in [1.165, 1.54) is 51.2 Å². The van der Waals surface area contributed by atoms with Gasteiger partial charge in [0, 0.05) is 31.3 Å². The van der Waals surface area contributed by atoms with Crippen LogP contribution in [0.15, 0.2) is 4.99 Å². The first kappa shape index (κ1) is 23.0. The molecule has 1 unspecified atom stereocenters. The lowest BCUT2D eigenvalue weighted by Gasteiger charge is -2.24. The van der Waals surface area contributed by atoms with Gasteiger partial charge in [0.1, 0.15) is 9.84 Å². The molecule has 2 rings (SSSR count). The molecule has 0 radical (unpaired) electrons. The Hall–Kier alpha value is -0.0500. The first-order chi connectivity index (χ1) is 11.3. The third-order valence-corrected chi connectivity index (χ3v) is 6.63. The van der Waals surface area contributed by atoms with Crippen molar-refractivity contribution in [2.75, 3.05) is 25.6 Å². The highest BCUT2D eigenvalue weighted by molar-refractivity contribution is 14.0. The zero-order chi connectivity index (χ0) is 17.6. The van der Waals surface area contributed by atoms with Crippen molar-refractivity contribution in [3.05, 3.63) is 0 Å². The molecule has 0 aromatic heterocycles. The Balaban J connectivity index is 0.00000312. The number of hydrogen-bond acceptors (Lipinski definition) is 3. The molecule has 2 aliphatic carbocycles. The van der Waals surface area contributed by atoms with Crippen LogP contribution in [0.5, 0.6) is 0 Å². The predicted molar refractivity (Wildman–Crippen MR) is 117 cm³/mol. The quantitative estimate of drug-likeness (QED) is 0.314. The largest absolute Gasteiger partial charge is 0.356 e. The molecule has 0 aliphatic heterocycles. The Morgan fingerprint density at radius 2 is 1.88 bits per heavy atom. The smallest absolute Gasteiger partial charge is 0.191 e. The first-order valence-electron chi connectivity index (χ1n) is 9.47. The van der Waals surface area contributed by atoms with Gasteiger partial charge in [-0.1, -0.05) is 32.1 Å². The molecule has 0 spiro atoms. The van der Waals surface area contributed by atoms with Crippen LogP contribution in [0, 0.1) is 11.3 Å². The van der Waals surface area contributed by atoms with Crippen LogP contribution in [0.4, 0.5) is 0 Å². The maximum atomic E-state index is 11.5. The van der Waals surface area contributed by atoms with Crippen LogP contribution in [-0.4, -0.2) is 46.0 Å². The fraction of sp³-hybridized carbons (Fsp3) is 0.944. The van der Waals surface area contributed by atoms with Gasteiger partial charge in [-0.15, -0.1) is 24.0 Å². The van der Waals surface area contributed by atoms with Crippen molar-refractivity contribution in [1.82, 2.24) is 10.6 Å². The summed E-state index contributed by atoms with van der Waals surface area (Å²) in [6, 6.07) is 0.392. The van der Waals surface area contributed by atoms with Crippen LogP contribution in [0.25, 0.3) is 0 Å². The van der Waals surface area contributed by atoms with E-state index < -0.39 is 9.84 Å². The number of nitrogens with one attached hydrogen (secondary N) is 2. The van der Waals surface area contributed by atoms with Crippen LogP contribution in [-0.2, 0) is 9.84 Å². The SMILES string of the molecule is CN=C(NCC1(CS(C)(=O)=O)CC1)NC(C)CCC1CCCCC1.I. The molecule has 1 atom stereocenters. The number of guanidine groups is 1. The summed E-state index contributed by atoms with van der Waals surface area (Å²) < 4.78 is 23.1. The van der Waals surface area contributed by atoms with Gasteiger partial charge in [0.25, 0.3) is 0 Å². The van der Waals surface area contributed by atoms with Crippen LogP contribution in [0.2, 0.25) is 0 Å². The van der Waals surface area contributed by atoms with Gasteiger partial charge < -0.3 is 10.6 Å². The lowest BCUT2D eigenvalue weighted by Crippen LogP contribution is -2.45. The van der Waals surface area contributed by atoms with E-state index in [2.05, 4.69) is 22.5 Å². The molecule has 0 heterocycles. The monoisotopic (exact) mass is 485 g/mol. The Bertz CT molecular complexity index is 526. The topological polar surface area (TPSA) is 70.6 Å². The maximum absolute atomic E-state index is 11.5. The fourth-order valence-corrected chi connectivity index (χ4v) is 5.34. The Labute approximate surface area is 171 Å². The van der Waals surface area contributed by atoms with Gasteiger partial charge in [-0.05, 0) is 38.5 Å². The predicted octanol–water partition coefficient (Wildman–Crippen LogP) is 3.34. The van der Waals surface area contributed by atoms with Gasteiger partial charge in [0.15, 0.2) is 5.96 Å². The lowest BCUT2D eigenvalue weighted by atomic mass is 9.85. The van der Waals surface area contributed by atoms with E-state index in [9.17, 15) is 8.42 Å². The summed E-state index contributed by atoms with van der Waals surface area (Å²) in [4.78, 5) is 4.30. The highest BCUT2D eigenvalue weighted by Crippen LogP contribution is 2.46. The summed E-state index contributed by atoms with van der Waals surface area (Å²) in [5.41, 5.74) is -0.0729. The summed E-state index contributed by atoms with van der Waals surface area (Å²) in [6.07, 6.45) is 12.8. The van der Waals surface area contributed by atoms with Gasteiger partial charge in [0.05, 0.1) is 5.75 Å². The van der Waals surface area contributed by atoms with E-state index in [4.69, 9.17) is 0 Å². The van der Waals surface area contributed by atoms with Crippen molar-refractivity contribution in [1.29, 1.82) is 0 Å². The minimum atomic E-state index is -2.92. The van der Waals surface area contributed by atoms with Gasteiger partial charge in [-0.2, -0.15) is 0 Å². The van der Waals surface area contributed by atoms with E-state index in [0.717, 1.165) is 24.7 Å². The van der Waals surface area contributed by atoms with Gasteiger partial charge >= 0.3 is 0 Å². The maximum Gasteiger partial charge on any atom is 0.191 e. The first-order valence-corrected chi connectivity index (χ1v) is 11.5. The molecule has 0 saturated heterocycles. The minimum absolute atomic E-state index is 0. The zero-order valence-corrected chi connectivity index (χ0v) is 19.2. The molecule has 0 bridgehead atoms. The molecule has 0 amide bonds. The van der Waals surface area contributed by atoms with Crippen LogP contribution < -0.4 is 10.6 Å². The molecular weight excluding hydrogens is 449 g/mol. The number of rotatable bonds is 8. The number of nitrogens with zero attached hydrogens (tertiary/aromatic N) is 1. The summed E-state index contributed by atoms with van der Waals surface area (Å²) in [5, 5.41) is 6.80. The molecule has 148 valence electrons. The summed E-state index contributed by atoms with van der Waals surface area (Å²) in [5.74, 6) is 1.98. The van der Waals surface area contributed by atoms with E-state index in [0.29, 0.717) is 12.6 Å². The number of hydrogen-bond donors (Lipinski definition) is 2. The van der Waals surface area contributed by atoms with Crippen molar-refractivity contribution >= 4 is 39.8 Å². The van der Waals surface area contributed by atoms with E-state index in [1.807, 2.05) is 0 Å². The van der Waals surface area contributed by atoms with Crippen LogP contribution >= 0.6 is 24.0 Å². The molecule has 2 saturated carbocycles. The number of halogens is 1. The van der Waals surface area contributed by atoms with Crippen LogP contribution in [0.3, 0.4) is 0 Å². The summed E-state index contributed by atoms with van der Waals surface area (Å²) >= 11 is 0. The molecule has 0 aromatic carbocycles. The van der Waals surface area contributed by atoms with Gasteiger partial charge in [-0.3, -0.25) is 4.99 Å². The third-order valence-electron chi connectivity index (χ3n) is 5.50. The molecule has 2 fully saturated rings. The van der Waals surface area contributed by atoms with E-state index in [-0.39, 0.29) is 35.1 Å². The van der Waals surface area contributed by atoms with Crippen molar-refractivity contribution in [3.8, 4) is 0 Å². The zero-order valence-electron chi connectivity index (χ0n) is 16.0. The highest BCUT2D eigenvalue weighted by atomic mass is 127. The molecule has 2 aliphatic rings. The Morgan fingerprint density at radius 3 is 2.40 bits per heavy atom. The average Bonchev–Trinajstić information content (AvgIpc) is 3.28. The average molecular weight is 485 g/mol. The molecule has 0 aromatic rings. The minimum Gasteiger partial charge on any atom is -0.356 e. The number of sulfone groups is 1. The second kappa shape index (κ2) is 10.3. The second-order valence-electron chi connectivity index (χ2n) is 8.12. The summed E-state index contributed by atoms with van der Waals surface area (Å²) in [7, 11) is -1.14. The molecule has 2 N–H and O–H groups in total. The molecule has 5 nitrogen and oxygen atoms in total. The standard InChI is InChI=1S/C18H35N3O2S.HI/c1-15(9-10-16-7-5-4-6-8-16)21-17(19-2)20-13-18(11-12-18)14-24(3,22)23;/h15-16H,4-14H2,1-3H3,(H2,19,20,21);1H. The van der Waals surface area contributed by atoms with Crippen molar-refractivity contribution < 1.29 is 8.42 Å². The number of aliphatic imine (C=N–C) groups is 1. The Kier molecular flexibility index (Phi) is 9.50. The molecule has 25 heavy (non-hydrogen) atoms. The van der Waals surface area contributed by atoms with Crippen molar-refractivity contribution in [3.63, 3.8) is 0 Å². The van der Waals surface area contributed by atoms with E-state index >= 15 is 0 Å². The van der Waals surface area contributed by atoms with Crippen molar-refractivity contribution in [2.45, 2.75) is 70.8 Å². The molecular formula is C18H36IN3O2S. The Morgan fingerprint density at radius 1 is 1.24 bits per heavy atom. The van der Waals surface area contributed by atoms with Gasteiger partial charge in [0.2, 0.25) is 0 Å². The van der Waals surface area contributed by atoms with E-state index in [1.54, 1.807) is 7.05 Å². The molecule has 7 heteroatoms. The summed E-state index contributed by atoms with van der Waals surface area (Å²) in [6.45, 7) is 2.90. The lowest BCUT2D eigenvalue weighted by molar-refractivity contribution is 0.322. The van der Waals surface area contributed by atoms with Crippen LogP contribution in [0.1, 0.15) is 64.7 Å². The fourth-order valence-electron chi connectivity index (χ4n) is 3.84. The normalized spacial score (nSPS) is 22.0. The second-order valence-corrected chi connectivity index (χ2v) is 10.3. The van der Waals surface area contributed by atoms with Crippen molar-refractivity contribution in [2.24, 2.45) is 16.3 Å². The third kappa shape index (κ3) is 8.93. The highest BCUT2D eigenvalue weighted by Gasteiger charge is 2.45.